The van der Waals surface area contributed by atoms with Gasteiger partial charge >= 0.3 is 0 Å². The first-order valence-corrected chi connectivity index (χ1v) is 10.0. The van der Waals surface area contributed by atoms with E-state index >= 15 is 0 Å². The molecule has 1 aliphatic rings. The first-order valence-electron chi connectivity index (χ1n) is 8.81. The summed E-state index contributed by atoms with van der Waals surface area (Å²) in [5.74, 6) is 0. The van der Waals surface area contributed by atoms with Gasteiger partial charge in [-0.05, 0) is 6.42 Å². The standard InChI is InChI=1S/C16H35NOSi/c1-2-3-4-5-6-7-8-9-10-11-12-13-14-15-16-17-18-19-17/h2-16,19H2,1H3. The topological polar surface area (TPSA) is 15.5 Å². The number of hydrogen-bond donors (Lipinski definition) is 0. The third kappa shape index (κ3) is 12.9. The Balaban J connectivity index is 1.60. The van der Waals surface area contributed by atoms with Crippen molar-refractivity contribution in [2.45, 2.75) is 96.8 Å². The van der Waals surface area contributed by atoms with Crippen LogP contribution >= 0.6 is 0 Å². The molecule has 1 rings (SSSR count). The summed E-state index contributed by atoms with van der Waals surface area (Å²) in [6.45, 7) is 3.50. The Labute approximate surface area is 123 Å². The molecule has 0 spiro atoms. The van der Waals surface area contributed by atoms with Crippen LogP contribution in [-0.2, 0) is 4.53 Å². The highest BCUT2D eigenvalue weighted by atomic mass is 28.3. The third-order valence-electron chi connectivity index (χ3n) is 4.07. The van der Waals surface area contributed by atoms with Gasteiger partial charge in [0.15, 0.2) is 0 Å². The lowest BCUT2D eigenvalue weighted by atomic mass is 10.0. The van der Waals surface area contributed by atoms with Crippen LogP contribution in [0.3, 0.4) is 0 Å². The van der Waals surface area contributed by atoms with Crippen molar-refractivity contribution < 1.29 is 4.53 Å². The average Bonchev–Trinajstić information content (AvgIpc) is 3.23. The molecule has 0 aromatic rings. The molecule has 0 aliphatic carbocycles. The van der Waals surface area contributed by atoms with Gasteiger partial charge in [-0.1, -0.05) is 90.4 Å². The van der Waals surface area contributed by atoms with Gasteiger partial charge in [0.2, 0.25) is 0 Å². The Hall–Kier alpha value is 0.137. The largest absolute Gasteiger partial charge is 0.334 e. The van der Waals surface area contributed by atoms with E-state index in [1.54, 1.807) is 0 Å². The van der Waals surface area contributed by atoms with Crippen molar-refractivity contribution in [3.63, 3.8) is 0 Å². The first-order chi connectivity index (χ1) is 9.43. The van der Waals surface area contributed by atoms with Crippen LogP contribution < -0.4 is 0 Å². The molecule has 0 bridgehead atoms. The molecule has 1 heterocycles. The number of nitrogens with zero attached hydrogens (tertiary/aromatic N) is 1. The zero-order valence-corrected chi connectivity index (χ0v) is 14.6. The maximum absolute atomic E-state index is 5.19. The van der Waals surface area contributed by atoms with Gasteiger partial charge in [0.05, 0.1) is 0 Å². The minimum absolute atomic E-state index is 0.149. The minimum Gasteiger partial charge on any atom is -0.334 e. The van der Waals surface area contributed by atoms with Gasteiger partial charge in [0.25, 0.3) is 9.92 Å². The maximum Gasteiger partial charge on any atom is 0.286 e. The normalized spacial score (nSPS) is 19.1. The predicted molar refractivity (Wildman–Crippen MR) is 86.6 cm³/mol. The molecule has 19 heavy (non-hydrogen) atoms. The molecule has 1 saturated heterocycles. The molecule has 0 aromatic heterocycles. The molecule has 0 N–H and O–H groups in total. The number of hydroxylamine groups is 1. The SMILES string of the molecule is CCCCCCCCCCCCCCCCN1O[SiH2]1. The highest BCUT2D eigenvalue weighted by Crippen LogP contribution is 2.13. The lowest BCUT2D eigenvalue weighted by Crippen LogP contribution is -1.98. The minimum atomic E-state index is -0.149. The van der Waals surface area contributed by atoms with Crippen molar-refractivity contribution in [1.29, 1.82) is 0 Å². The summed E-state index contributed by atoms with van der Waals surface area (Å²) in [5, 5.41) is 0. The summed E-state index contributed by atoms with van der Waals surface area (Å²) in [5.41, 5.74) is 0. The molecular formula is C16H35NOSi. The van der Waals surface area contributed by atoms with Crippen LogP contribution in [0, 0.1) is 0 Å². The molecule has 0 amide bonds. The molecule has 0 saturated carbocycles. The zero-order chi connectivity index (χ0) is 13.6. The van der Waals surface area contributed by atoms with Gasteiger partial charge in [-0.2, -0.15) is 4.73 Å². The van der Waals surface area contributed by atoms with Crippen molar-refractivity contribution in [2.24, 2.45) is 0 Å². The quantitative estimate of drug-likeness (QED) is 0.246. The summed E-state index contributed by atoms with van der Waals surface area (Å²) >= 11 is 0. The van der Waals surface area contributed by atoms with Gasteiger partial charge in [-0.25, -0.2) is 0 Å². The van der Waals surface area contributed by atoms with E-state index in [9.17, 15) is 0 Å². The smallest absolute Gasteiger partial charge is 0.286 e. The van der Waals surface area contributed by atoms with E-state index in [1.807, 2.05) is 0 Å². The van der Waals surface area contributed by atoms with Crippen molar-refractivity contribution >= 4 is 9.92 Å². The molecule has 0 radical (unpaired) electrons. The highest BCUT2D eigenvalue weighted by Gasteiger charge is 2.18. The molecule has 3 heteroatoms. The monoisotopic (exact) mass is 285 g/mol. The highest BCUT2D eigenvalue weighted by molar-refractivity contribution is 6.30. The number of unbranched alkanes of at least 4 members (excludes halogenated alkanes) is 13. The van der Waals surface area contributed by atoms with E-state index in [2.05, 4.69) is 11.7 Å². The number of rotatable bonds is 15. The fraction of sp³-hybridized carbons (Fsp3) is 1.00. The predicted octanol–water partition coefficient (Wildman–Crippen LogP) is 4.71. The van der Waals surface area contributed by atoms with Gasteiger partial charge in [0, 0.05) is 6.54 Å². The van der Waals surface area contributed by atoms with Gasteiger partial charge < -0.3 is 4.53 Å². The van der Waals surface area contributed by atoms with Crippen LogP contribution in [-0.4, -0.2) is 21.2 Å². The maximum atomic E-state index is 5.19. The van der Waals surface area contributed by atoms with Crippen LogP contribution in [0.15, 0.2) is 0 Å². The summed E-state index contributed by atoms with van der Waals surface area (Å²) in [6.07, 6.45) is 20.2. The van der Waals surface area contributed by atoms with Gasteiger partial charge in [-0.15, -0.1) is 0 Å². The lowest BCUT2D eigenvalue weighted by Gasteiger charge is -2.03. The lowest BCUT2D eigenvalue weighted by molar-refractivity contribution is 0.200. The summed E-state index contributed by atoms with van der Waals surface area (Å²) in [4.78, 5) is 0. The zero-order valence-electron chi connectivity index (χ0n) is 13.2. The molecular weight excluding hydrogens is 250 g/mol. The number of hydrogen-bond acceptors (Lipinski definition) is 2. The molecule has 1 atom stereocenters. The van der Waals surface area contributed by atoms with Crippen molar-refractivity contribution in [1.82, 2.24) is 4.73 Å². The first kappa shape index (κ1) is 17.2. The molecule has 114 valence electrons. The van der Waals surface area contributed by atoms with Crippen molar-refractivity contribution in [2.75, 3.05) is 6.54 Å². The second-order valence-corrected chi connectivity index (χ2v) is 7.28. The molecule has 0 aromatic carbocycles. The van der Waals surface area contributed by atoms with Crippen LogP contribution in [0.25, 0.3) is 0 Å². The Morgan fingerprint density at radius 1 is 0.632 bits per heavy atom. The second-order valence-electron chi connectivity index (χ2n) is 6.06. The van der Waals surface area contributed by atoms with E-state index in [-0.39, 0.29) is 9.92 Å². The molecule has 1 aliphatic heterocycles. The van der Waals surface area contributed by atoms with Crippen LogP contribution in [0.1, 0.15) is 96.8 Å². The fourth-order valence-electron chi connectivity index (χ4n) is 2.65. The molecule has 1 fully saturated rings. The Morgan fingerprint density at radius 3 is 1.37 bits per heavy atom. The average molecular weight is 286 g/mol. The Bertz CT molecular complexity index is 186. The summed E-state index contributed by atoms with van der Waals surface area (Å²) in [7, 11) is -0.149. The Kier molecular flexibility index (Phi) is 11.9. The molecule has 1 unspecified atom stereocenters. The van der Waals surface area contributed by atoms with E-state index in [0.717, 1.165) is 0 Å². The van der Waals surface area contributed by atoms with Gasteiger partial charge in [0.1, 0.15) is 0 Å². The van der Waals surface area contributed by atoms with E-state index in [4.69, 9.17) is 4.53 Å². The third-order valence-corrected chi connectivity index (χ3v) is 5.01. The second kappa shape index (κ2) is 13.1. The Morgan fingerprint density at radius 2 is 1.00 bits per heavy atom. The van der Waals surface area contributed by atoms with Crippen molar-refractivity contribution in [3.05, 3.63) is 0 Å². The van der Waals surface area contributed by atoms with Gasteiger partial charge in [-0.3, -0.25) is 0 Å². The van der Waals surface area contributed by atoms with E-state index < -0.39 is 0 Å². The van der Waals surface area contributed by atoms with Crippen LogP contribution in [0.4, 0.5) is 0 Å². The van der Waals surface area contributed by atoms with Crippen molar-refractivity contribution in [3.8, 4) is 0 Å². The summed E-state index contributed by atoms with van der Waals surface area (Å²) < 4.78 is 7.38. The van der Waals surface area contributed by atoms with Crippen LogP contribution in [0.2, 0.25) is 0 Å². The van der Waals surface area contributed by atoms with Crippen LogP contribution in [0.5, 0.6) is 0 Å². The summed E-state index contributed by atoms with van der Waals surface area (Å²) in [6, 6.07) is 0. The van der Waals surface area contributed by atoms with E-state index in [0.29, 0.717) is 0 Å². The fourth-order valence-corrected chi connectivity index (χ4v) is 3.22. The van der Waals surface area contributed by atoms with E-state index in [1.165, 1.54) is 96.4 Å². The molecule has 2 nitrogen and oxygen atoms in total.